The zero-order valence-electron chi connectivity index (χ0n) is 12.4. The fourth-order valence-electron chi connectivity index (χ4n) is 2.56. The van der Waals surface area contributed by atoms with Crippen LogP contribution in [0.15, 0.2) is 54.2 Å². The van der Waals surface area contributed by atoms with Crippen LogP contribution in [0, 0.1) is 0 Å². The maximum absolute atomic E-state index is 6.28. The molecule has 2 aromatic rings. The Balaban J connectivity index is 1.99. The second-order valence-corrected chi connectivity index (χ2v) is 6.29. The van der Waals surface area contributed by atoms with Gasteiger partial charge in [-0.25, -0.2) is 0 Å². The molecule has 0 saturated carbocycles. The Hall–Kier alpha value is -1.75. The van der Waals surface area contributed by atoms with E-state index >= 15 is 0 Å². The van der Waals surface area contributed by atoms with E-state index < -0.39 is 0 Å². The SMILES string of the molecule is CC1=C(c2ccccc2)N(Nc2cc(Cl)ccc2Cl)C(C=S)N1. The fraction of sp³-hybridized carbons (Fsp3) is 0.118. The van der Waals surface area contributed by atoms with Gasteiger partial charge in [0.25, 0.3) is 0 Å². The molecule has 1 heterocycles. The van der Waals surface area contributed by atoms with Crippen molar-refractivity contribution in [1.29, 1.82) is 0 Å². The summed E-state index contributed by atoms with van der Waals surface area (Å²) in [6.45, 7) is 2.02. The van der Waals surface area contributed by atoms with Crippen molar-refractivity contribution in [1.82, 2.24) is 10.3 Å². The van der Waals surface area contributed by atoms with E-state index in [4.69, 9.17) is 35.4 Å². The van der Waals surface area contributed by atoms with Crippen molar-refractivity contribution >= 4 is 52.2 Å². The highest BCUT2D eigenvalue weighted by molar-refractivity contribution is 7.79. The van der Waals surface area contributed by atoms with Gasteiger partial charge < -0.3 is 5.32 Å². The van der Waals surface area contributed by atoms with Gasteiger partial charge in [-0.2, -0.15) is 0 Å². The minimum Gasteiger partial charge on any atom is -0.362 e. The summed E-state index contributed by atoms with van der Waals surface area (Å²) < 4.78 is 0. The quantitative estimate of drug-likeness (QED) is 0.752. The van der Waals surface area contributed by atoms with Crippen molar-refractivity contribution in [2.75, 3.05) is 5.43 Å². The number of halogens is 2. The number of thiocarbonyl (C=S) groups is 1. The van der Waals surface area contributed by atoms with Crippen LogP contribution >= 0.6 is 35.4 Å². The van der Waals surface area contributed by atoms with E-state index in [2.05, 4.69) is 22.9 Å². The summed E-state index contributed by atoms with van der Waals surface area (Å²) in [6, 6.07) is 15.4. The lowest BCUT2D eigenvalue weighted by Gasteiger charge is -2.28. The number of nitrogens with zero attached hydrogens (tertiary/aromatic N) is 1. The lowest BCUT2D eigenvalue weighted by molar-refractivity contribution is 0.428. The molecule has 0 fully saturated rings. The van der Waals surface area contributed by atoms with Crippen LogP contribution in [0.25, 0.3) is 5.70 Å². The number of rotatable bonds is 4. The highest BCUT2D eigenvalue weighted by Crippen LogP contribution is 2.32. The van der Waals surface area contributed by atoms with Gasteiger partial charge in [0.05, 0.1) is 16.4 Å². The van der Waals surface area contributed by atoms with Gasteiger partial charge in [-0.15, -0.1) is 0 Å². The van der Waals surface area contributed by atoms with E-state index in [0.717, 1.165) is 22.6 Å². The number of nitrogens with one attached hydrogen (secondary N) is 2. The Kier molecular flexibility index (Phi) is 4.76. The molecule has 3 rings (SSSR count). The summed E-state index contributed by atoms with van der Waals surface area (Å²) >= 11 is 17.5. The van der Waals surface area contributed by atoms with Crippen LogP contribution in [0.4, 0.5) is 5.69 Å². The summed E-state index contributed by atoms with van der Waals surface area (Å²) in [6.07, 6.45) is -0.157. The molecule has 0 radical (unpaired) electrons. The molecular weight excluding hydrogens is 349 g/mol. The van der Waals surface area contributed by atoms with E-state index in [9.17, 15) is 0 Å². The standard InChI is InChI=1S/C17H15Cl2N3S/c1-11-17(12-5-3-2-4-6-12)22(16(10-23)20-11)21-15-9-13(18)7-8-14(15)19/h2-10,16,20-21H,1H3. The van der Waals surface area contributed by atoms with Crippen molar-refractivity contribution < 1.29 is 0 Å². The summed E-state index contributed by atoms with van der Waals surface area (Å²) in [5, 5.41) is 8.21. The zero-order chi connectivity index (χ0) is 16.4. The molecule has 0 bridgehead atoms. The molecular formula is C17H15Cl2N3S. The summed E-state index contributed by atoms with van der Waals surface area (Å²) in [5.74, 6) is 0. The number of hydrogen-bond donors (Lipinski definition) is 2. The Labute approximate surface area is 150 Å². The van der Waals surface area contributed by atoms with Gasteiger partial charge in [-0.3, -0.25) is 10.4 Å². The maximum atomic E-state index is 6.28. The highest BCUT2D eigenvalue weighted by atomic mass is 35.5. The summed E-state index contributed by atoms with van der Waals surface area (Å²) in [7, 11) is 0. The molecule has 1 aliphatic rings. The smallest absolute Gasteiger partial charge is 0.148 e. The zero-order valence-corrected chi connectivity index (χ0v) is 14.7. The van der Waals surface area contributed by atoms with Gasteiger partial charge in [-0.05, 0) is 25.1 Å². The molecule has 0 spiro atoms. The largest absolute Gasteiger partial charge is 0.362 e. The molecule has 23 heavy (non-hydrogen) atoms. The van der Waals surface area contributed by atoms with Gasteiger partial charge in [0.2, 0.25) is 0 Å². The van der Waals surface area contributed by atoms with Gasteiger partial charge in [0.15, 0.2) is 0 Å². The molecule has 0 amide bonds. The molecule has 2 N–H and O–H groups in total. The first-order chi connectivity index (χ1) is 11.1. The number of anilines is 1. The minimum absolute atomic E-state index is 0.157. The molecule has 1 atom stereocenters. The Morgan fingerprint density at radius 2 is 1.91 bits per heavy atom. The van der Waals surface area contributed by atoms with Gasteiger partial charge in [-0.1, -0.05) is 65.8 Å². The van der Waals surface area contributed by atoms with Gasteiger partial charge in [0, 0.05) is 21.7 Å². The highest BCUT2D eigenvalue weighted by Gasteiger charge is 2.29. The van der Waals surface area contributed by atoms with Gasteiger partial charge in [0.1, 0.15) is 6.17 Å². The third-order valence-corrected chi connectivity index (χ3v) is 4.41. The second kappa shape index (κ2) is 6.79. The first kappa shape index (κ1) is 16.1. The summed E-state index contributed by atoms with van der Waals surface area (Å²) in [5.41, 5.74) is 7.20. The molecule has 0 saturated heterocycles. The maximum Gasteiger partial charge on any atom is 0.148 e. The number of hydrogen-bond acceptors (Lipinski definition) is 4. The number of allylic oxidation sites excluding steroid dienone is 1. The normalized spacial score (nSPS) is 17.2. The van der Waals surface area contributed by atoms with E-state index in [1.54, 1.807) is 23.6 Å². The molecule has 3 nitrogen and oxygen atoms in total. The van der Waals surface area contributed by atoms with Crippen molar-refractivity contribution in [3.8, 4) is 0 Å². The second-order valence-electron chi connectivity index (χ2n) is 5.17. The fourth-order valence-corrected chi connectivity index (χ4v) is 3.08. The Morgan fingerprint density at radius 3 is 2.61 bits per heavy atom. The van der Waals surface area contributed by atoms with Crippen molar-refractivity contribution in [3.63, 3.8) is 0 Å². The molecule has 1 unspecified atom stereocenters. The predicted molar refractivity (Wildman–Crippen MR) is 102 cm³/mol. The lowest BCUT2D eigenvalue weighted by atomic mass is 10.1. The monoisotopic (exact) mass is 363 g/mol. The van der Waals surface area contributed by atoms with Crippen LogP contribution in [0.5, 0.6) is 0 Å². The van der Waals surface area contributed by atoms with E-state index in [1.807, 2.05) is 30.1 Å². The van der Waals surface area contributed by atoms with Crippen molar-refractivity contribution in [2.24, 2.45) is 0 Å². The molecule has 118 valence electrons. The average molecular weight is 364 g/mol. The van der Waals surface area contributed by atoms with E-state index in [0.29, 0.717) is 10.0 Å². The van der Waals surface area contributed by atoms with Crippen molar-refractivity contribution in [3.05, 3.63) is 69.8 Å². The van der Waals surface area contributed by atoms with Crippen LogP contribution in [0.3, 0.4) is 0 Å². The minimum atomic E-state index is -0.157. The third kappa shape index (κ3) is 3.29. The van der Waals surface area contributed by atoms with Crippen LogP contribution < -0.4 is 10.7 Å². The molecule has 0 aromatic heterocycles. The Morgan fingerprint density at radius 1 is 1.17 bits per heavy atom. The first-order valence-electron chi connectivity index (χ1n) is 7.09. The van der Waals surface area contributed by atoms with Crippen molar-refractivity contribution in [2.45, 2.75) is 13.1 Å². The number of benzene rings is 2. The predicted octanol–water partition coefficient (Wildman–Crippen LogP) is 4.94. The Bertz CT molecular complexity index is 762. The lowest BCUT2D eigenvalue weighted by Crippen LogP contribution is -2.41. The molecule has 6 heteroatoms. The third-order valence-electron chi connectivity index (χ3n) is 3.58. The average Bonchev–Trinajstić information content (AvgIpc) is 2.87. The van der Waals surface area contributed by atoms with Crippen LogP contribution in [0.1, 0.15) is 12.5 Å². The summed E-state index contributed by atoms with van der Waals surface area (Å²) in [4.78, 5) is 0. The van der Waals surface area contributed by atoms with Crippen LogP contribution in [0.2, 0.25) is 10.0 Å². The molecule has 1 aliphatic heterocycles. The number of hydrazine groups is 1. The van der Waals surface area contributed by atoms with E-state index in [-0.39, 0.29) is 6.17 Å². The van der Waals surface area contributed by atoms with Crippen LogP contribution in [-0.4, -0.2) is 16.5 Å². The first-order valence-corrected chi connectivity index (χ1v) is 8.32. The van der Waals surface area contributed by atoms with Gasteiger partial charge >= 0.3 is 0 Å². The van der Waals surface area contributed by atoms with Crippen LogP contribution in [-0.2, 0) is 0 Å². The topological polar surface area (TPSA) is 27.3 Å². The molecule has 2 aromatic carbocycles. The van der Waals surface area contributed by atoms with E-state index in [1.165, 1.54) is 0 Å². The molecule has 0 aliphatic carbocycles.